The van der Waals surface area contributed by atoms with Crippen LogP contribution in [-0.2, 0) is 6.54 Å². The number of hydrogen-bond acceptors (Lipinski definition) is 3. The first kappa shape index (κ1) is 12.8. The summed E-state index contributed by atoms with van der Waals surface area (Å²) < 4.78 is 5.69. The molecule has 0 saturated carbocycles. The van der Waals surface area contributed by atoms with Crippen LogP contribution in [-0.4, -0.2) is 23.7 Å². The molecule has 17 heavy (non-hydrogen) atoms. The van der Waals surface area contributed by atoms with Crippen LogP contribution >= 0.6 is 11.8 Å². The molecule has 0 bridgehead atoms. The Balaban J connectivity index is 1.86. The molecule has 1 unspecified atom stereocenters. The predicted octanol–water partition coefficient (Wildman–Crippen LogP) is 3.07. The van der Waals surface area contributed by atoms with Crippen molar-refractivity contribution < 1.29 is 4.74 Å². The Morgan fingerprint density at radius 1 is 1.47 bits per heavy atom. The first-order valence-corrected chi connectivity index (χ1v) is 7.46. The second-order valence-electron chi connectivity index (χ2n) is 4.76. The maximum Gasteiger partial charge on any atom is 0.120 e. The molecule has 2 rings (SSSR count). The molecule has 1 fully saturated rings. The van der Waals surface area contributed by atoms with E-state index in [0.29, 0.717) is 6.04 Å². The van der Waals surface area contributed by atoms with E-state index in [4.69, 9.17) is 4.74 Å². The molecule has 2 nitrogen and oxygen atoms in total. The molecule has 0 amide bonds. The lowest BCUT2D eigenvalue weighted by atomic mass is 10.2. The zero-order chi connectivity index (χ0) is 12.1. The predicted molar refractivity (Wildman–Crippen MR) is 74.8 cm³/mol. The van der Waals surface area contributed by atoms with Gasteiger partial charge in [0.25, 0.3) is 0 Å². The van der Waals surface area contributed by atoms with Gasteiger partial charge in [0.1, 0.15) is 5.75 Å². The van der Waals surface area contributed by atoms with E-state index in [1.165, 1.54) is 23.5 Å². The average molecular weight is 251 g/mol. The Morgan fingerprint density at radius 2 is 2.35 bits per heavy atom. The Hall–Kier alpha value is -0.670. The van der Waals surface area contributed by atoms with Gasteiger partial charge in [0, 0.05) is 18.3 Å². The van der Waals surface area contributed by atoms with E-state index < -0.39 is 0 Å². The number of benzene rings is 1. The van der Waals surface area contributed by atoms with Gasteiger partial charge in [-0.05, 0) is 43.7 Å². The van der Waals surface area contributed by atoms with Gasteiger partial charge in [-0.1, -0.05) is 12.1 Å². The molecule has 0 radical (unpaired) electrons. The number of hydrogen-bond donors (Lipinski definition) is 1. The standard InChI is InChI=1S/C14H21NOS/c1-11(2)16-14-5-3-4-12(8-14)9-15-13-6-7-17-10-13/h3-5,8,11,13,15H,6-7,9-10H2,1-2H3. The van der Waals surface area contributed by atoms with Crippen molar-refractivity contribution in [1.82, 2.24) is 5.32 Å². The van der Waals surface area contributed by atoms with Crippen LogP contribution in [0.1, 0.15) is 25.8 Å². The largest absolute Gasteiger partial charge is 0.491 e. The number of ether oxygens (including phenoxy) is 1. The molecule has 1 atom stereocenters. The molecular formula is C14H21NOS. The summed E-state index contributed by atoms with van der Waals surface area (Å²) in [6.45, 7) is 5.06. The number of nitrogens with one attached hydrogen (secondary N) is 1. The van der Waals surface area contributed by atoms with Crippen molar-refractivity contribution >= 4 is 11.8 Å². The van der Waals surface area contributed by atoms with Crippen molar-refractivity contribution in [3.8, 4) is 5.75 Å². The van der Waals surface area contributed by atoms with E-state index in [1.807, 2.05) is 17.8 Å². The second-order valence-corrected chi connectivity index (χ2v) is 5.91. The molecule has 1 aromatic carbocycles. The molecule has 1 aromatic rings. The highest BCUT2D eigenvalue weighted by atomic mass is 32.2. The summed E-state index contributed by atoms with van der Waals surface area (Å²) in [5.41, 5.74) is 1.31. The summed E-state index contributed by atoms with van der Waals surface area (Å²) in [4.78, 5) is 0. The fourth-order valence-corrected chi connectivity index (χ4v) is 3.15. The second kappa shape index (κ2) is 6.31. The van der Waals surface area contributed by atoms with Gasteiger partial charge >= 0.3 is 0 Å². The molecule has 0 aromatic heterocycles. The van der Waals surface area contributed by atoms with Crippen LogP contribution in [0, 0.1) is 0 Å². The topological polar surface area (TPSA) is 21.3 Å². The maximum atomic E-state index is 5.69. The first-order chi connectivity index (χ1) is 8.24. The highest BCUT2D eigenvalue weighted by Crippen LogP contribution is 2.18. The third kappa shape index (κ3) is 4.25. The molecule has 0 spiro atoms. The molecule has 0 aliphatic carbocycles. The van der Waals surface area contributed by atoms with E-state index >= 15 is 0 Å². The minimum atomic E-state index is 0.240. The summed E-state index contributed by atoms with van der Waals surface area (Å²) >= 11 is 2.04. The van der Waals surface area contributed by atoms with E-state index in [9.17, 15) is 0 Å². The molecule has 1 heterocycles. The van der Waals surface area contributed by atoms with Gasteiger partial charge < -0.3 is 10.1 Å². The lowest BCUT2D eigenvalue weighted by molar-refractivity contribution is 0.242. The molecule has 94 valence electrons. The summed E-state index contributed by atoms with van der Waals surface area (Å²) in [5.74, 6) is 3.52. The first-order valence-electron chi connectivity index (χ1n) is 6.31. The van der Waals surface area contributed by atoms with E-state index in [0.717, 1.165) is 12.3 Å². The minimum absolute atomic E-state index is 0.240. The van der Waals surface area contributed by atoms with Crippen molar-refractivity contribution in [2.24, 2.45) is 0 Å². The zero-order valence-corrected chi connectivity index (χ0v) is 11.4. The van der Waals surface area contributed by atoms with Crippen LogP contribution in [0.2, 0.25) is 0 Å². The summed E-state index contributed by atoms with van der Waals surface area (Å²) in [6.07, 6.45) is 1.54. The third-order valence-corrected chi connectivity index (χ3v) is 3.96. The summed E-state index contributed by atoms with van der Waals surface area (Å²) in [7, 11) is 0. The van der Waals surface area contributed by atoms with Crippen molar-refractivity contribution in [2.45, 2.75) is 39.0 Å². The molecule has 1 N–H and O–H groups in total. The minimum Gasteiger partial charge on any atom is -0.491 e. The summed E-state index contributed by atoms with van der Waals surface area (Å²) in [5, 5.41) is 3.60. The van der Waals surface area contributed by atoms with Gasteiger partial charge in [-0.25, -0.2) is 0 Å². The lowest BCUT2D eigenvalue weighted by Gasteiger charge is -2.13. The summed E-state index contributed by atoms with van der Waals surface area (Å²) in [6, 6.07) is 9.07. The smallest absolute Gasteiger partial charge is 0.120 e. The normalized spacial score (nSPS) is 19.8. The van der Waals surface area contributed by atoms with Crippen molar-refractivity contribution in [3.63, 3.8) is 0 Å². The molecule has 3 heteroatoms. The quantitative estimate of drug-likeness (QED) is 0.869. The van der Waals surface area contributed by atoms with Gasteiger partial charge in [-0.3, -0.25) is 0 Å². The lowest BCUT2D eigenvalue weighted by Crippen LogP contribution is -2.27. The van der Waals surface area contributed by atoms with Crippen molar-refractivity contribution in [2.75, 3.05) is 11.5 Å². The average Bonchev–Trinajstić information content (AvgIpc) is 2.79. The maximum absolute atomic E-state index is 5.69. The van der Waals surface area contributed by atoms with Crippen molar-refractivity contribution in [1.29, 1.82) is 0 Å². The van der Waals surface area contributed by atoms with Crippen LogP contribution in [0.15, 0.2) is 24.3 Å². The van der Waals surface area contributed by atoms with Gasteiger partial charge in [0.05, 0.1) is 6.10 Å². The van der Waals surface area contributed by atoms with Crippen LogP contribution in [0.4, 0.5) is 0 Å². The fourth-order valence-electron chi connectivity index (χ4n) is 1.96. The van der Waals surface area contributed by atoms with E-state index in [2.05, 4.69) is 37.4 Å². The Labute approximate surface area is 108 Å². The Bertz CT molecular complexity index is 348. The van der Waals surface area contributed by atoms with Gasteiger partial charge in [0.2, 0.25) is 0 Å². The molecule has 1 saturated heterocycles. The number of rotatable bonds is 5. The molecular weight excluding hydrogens is 230 g/mol. The monoisotopic (exact) mass is 251 g/mol. The fraction of sp³-hybridized carbons (Fsp3) is 0.571. The van der Waals surface area contributed by atoms with E-state index in [-0.39, 0.29) is 6.10 Å². The van der Waals surface area contributed by atoms with Gasteiger partial charge in [0.15, 0.2) is 0 Å². The van der Waals surface area contributed by atoms with Gasteiger partial charge in [-0.15, -0.1) is 0 Å². The third-order valence-electron chi connectivity index (χ3n) is 2.79. The number of thioether (sulfide) groups is 1. The molecule has 1 aliphatic heterocycles. The van der Waals surface area contributed by atoms with Crippen LogP contribution in [0.3, 0.4) is 0 Å². The van der Waals surface area contributed by atoms with Crippen LogP contribution in [0.5, 0.6) is 5.75 Å². The van der Waals surface area contributed by atoms with Crippen LogP contribution < -0.4 is 10.1 Å². The highest BCUT2D eigenvalue weighted by molar-refractivity contribution is 7.99. The van der Waals surface area contributed by atoms with Crippen molar-refractivity contribution in [3.05, 3.63) is 29.8 Å². The van der Waals surface area contributed by atoms with Gasteiger partial charge in [-0.2, -0.15) is 11.8 Å². The Morgan fingerprint density at radius 3 is 3.06 bits per heavy atom. The zero-order valence-electron chi connectivity index (χ0n) is 10.6. The SMILES string of the molecule is CC(C)Oc1cccc(CNC2CCSC2)c1. The van der Waals surface area contributed by atoms with E-state index in [1.54, 1.807) is 0 Å². The highest BCUT2D eigenvalue weighted by Gasteiger charge is 2.14. The van der Waals surface area contributed by atoms with Crippen LogP contribution in [0.25, 0.3) is 0 Å². The Kier molecular flexibility index (Phi) is 4.75. The molecule has 1 aliphatic rings.